The summed E-state index contributed by atoms with van der Waals surface area (Å²) >= 11 is 0. The van der Waals surface area contributed by atoms with E-state index in [0.717, 1.165) is 103 Å². The molecule has 0 heterocycles. The van der Waals surface area contributed by atoms with Crippen LogP contribution in [0.1, 0.15) is 335 Å². The van der Waals surface area contributed by atoms with Gasteiger partial charge in [0, 0.05) is 19.3 Å². The first kappa shape index (κ1) is 76.3. The van der Waals surface area contributed by atoms with Gasteiger partial charge in [-0.25, -0.2) is 0 Å². The standard InChI is InChI=1S/C74H128O6/c1-4-7-10-13-16-19-22-25-27-29-31-32-33-34-35-36-37-38-39-40-41-43-44-46-49-52-55-58-61-64-67-73(76)79-70-71(69-78-72(75)66-63-60-57-54-51-48-24-21-18-15-12-9-6-3)80-74(77)68-65-62-59-56-53-50-47-45-42-30-28-26-23-20-17-14-11-8-5-2/h8-9,11-12,17-18,20-21,26,28,42,45,48,51,57,60,71H,4-7,10,13-16,19,22-25,27,29-41,43-44,46-47,49-50,52-56,58-59,61-70H2,1-3H3/b11-8-,12-9-,20-17-,21-18-,28-26-,45-42-,51-48-,60-57-. The molecule has 1 atom stereocenters. The molecule has 0 aromatic rings. The minimum Gasteiger partial charge on any atom is -0.462 e. The molecule has 1 unspecified atom stereocenters. The molecule has 0 radical (unpaired) electrons. The molecule has 0 aliphatic heterocycles. The molecule has 0 saturated heterocycles. The Kier molecular flexibility index (Phi) is 64.7. The summed E-state index contributed by atoms with van der Waals surface area (Å²) < 4.78 is 16.9. The van der Waals surface area contributed by atoms with Gasteiger partial charge in [0.1, 0.15) is 13.2 Å². The Morgan fingerprint density at radius 2 is 0.512 bits per heavy atom. The lowest BCUT2D eigenvalue weighted by atomic mass is 10.0. The zero-order chi connectivity index (χ0) is 57.8. The van der Waals surface area contributed by atoms with Gasteiger partial charge < -0.3 is 14.2 Å². The van der Waals surface area contributed by atoms with Crippen molar-refractivity contribution < 1.29 is 28.6 Å². The predicted molar refractivity (Wildman–Crippen MR) is 348 cm³/mol. The van der Waals surface area contributed by atoms with Crippen LogP contribution in [0.4, 0.5) is 0 Å². The molecule has 0 spiro atoms. The third-order valence-corrected chi connectivity index (χ3v) is 14.8. The van der Waals surface area contributed by atoms with Gasteiger partial charge in [-0.1, -0.05) is 330 Å². The van der Waals surface area contributed by atoms with Crippen LogP contribution in [-0.4, -0.2) is 37.2 Å². The van der Waals surface area contributed by atoms with Crippen molar-refractivity contribution in [2.45, 2.75) is 341 Å². The molecule has 0 fully saturated rings. The zero-order valence-electron chi connectivity index (χ0n) is 52.8. The Labute approximate surface area is 496 Å². The first-order chi connectivity index (χ1) is 39.5. The number of esters is 3. The maximum atomic E-state index is 12.9. The Balaban J connectivity index is 4.24. The summed E-state index contributed by atoms with van der Waals surface area (Å²) in [6.45, 7) is 6.37. The van der Waals surface area contributed by atoms with Crippen molar-refractivity contribution in [2.24, 2.45) is 0 Å². The Hall–Kier alpha value is -3.67. The predicted octanol–water partition coefficient (Wildman–Crippen LogP) is 23.6. The highest BCUT2D eigenvalue weighted by atomic mass is 16.6. The van der Waals surface area contributed by atoms with E-state index >= 15 is 0 Å². The minimum absolute atomic E-state index is 0.104. The third kappa shape index (κ3) is 65.1. The van der Waals surface area contributed by atoms with E-state index in [4.69, 9.17) is 14.2 Å². The van der Waals surface area contributed by atoms with Gasteiger partial charge in [0.2, 0.25) is 0 Å². The molecule has 0 bridgehead atoms. The largest absolute Gasteiger partial charge is 0.462 e. The molecule has 0 aromatic heterocycles. The summed E-state index contributed by atoms with van der Waals surface area (Å²) in [5.41, 5.74) is 0. The van der Waals surface area contributed by atoms with Crippen LogP contribution in [0.25, 0.3) is 0 Å². The quantitative estimate of drug-likeness (QED) is 0.0261. The molecule has 0 N–H and O–H groups in total. The van der Waals surface area contributed by atoms with Crippen LogP contribution >= 0.6 is 0 Å². The number of rotatable bonds is 62. The Bertz CT molecular complexity index is 1560. The van der Waals surface area contributed by atoms with Gasteiger partial charge in [0.05, 0.1) is 0 Å². The highest BCUT2D eigenvalue weighted by molar-refractivity contribution is 5.71. The molecule has 6 heteroatoms. The van der Waals surface area contributed by atoms with E-state index in [9.17, 15) is 14.4 Å². The normalized spacial score (nSPS) is 12.7. The van der Waals surface area contributed by atoms with E-state index in [2.05, 4.69) is 112 Å². The van der Waals surface area contributed by atoms with Crippen LogP contribution in [0, 0.1) is 0 Å². The first-order valence-corrected chi connectivity index (χ1v) is 34.2. The maximum Gasteiger partial charge on any atom is 0.306 e. The summed E-state index contributed by atoms with van der Waals surface area (Å²) in [5.74, 6) is -0.991. The second-order valence-corrected chi connectivity index (χ2v) is 22.7. The molecule has 0 amide bonds. The van der Waals surface area contributed by atoms with Crippen molar-refractivity contribution in [1.82, 2.24) is 0 Å². The van der Waals surface area contributed by atoms with Crippen LogP contribution < -0.4 is 0 Å². The number of allylic oxidation sites excluding steroid dienone is 16. The fourth-order valence-corrected chi connectivity index (χ4v) is 9.80. The smallest absolute Gasteiger partial charge is 0.306 e. The van der Waals surface area contributed by atoms with Gasteiger partial charge in [0.15, 0.2) is 6.10 Å². The Morgan fingerprint density at radius 1 is 0.263 bits per heavy atom. The van der Waals surface area contributed by atoms with Gasteiger partial charge in [-0.2, -0.15) is 0 Å². The molecule has 0 aromatic carbocycles. The number of unbranched alkanes of at least 4 members (excludes halogenated alkanes) is 35. The van der Waals surface area contributed by atoms with Crippen LogP contribution in [0.5, 0.6) is 0 Å². The highest BCUT2D eigenvalue weighted by Gasteiger charge is 2.19. The Morgan fingerprint density at radius 3 is 0.838 bits per heavy atom. The van der Waals surface area contributed by atoms with Crippen LogP contribution in [-0.2, 0) is 28.6 Å². The number of carbonyl (C=O) groups excluding carboxylic acids is 3. The molecule has 0 rings (SSSR count). The van der Waals surface area contributed by atoms with E-state index in [1.165, 1.54) is 186 Å². The van der Waals surface area contributed by atoms with Gasteiger partial charge in [0.25, 0.3) is 0 Å². The van der Waals surface area contributed by atoms with Gasteiger partial charge >= 0.3 is 17.9 Å². The molecule has 0 aliphatic rings. The average molecular weight is 1110 g/mol. The van der Waals surface area contributed by atoms with Gasteiger partial charge in [-0.05, 0) is 83.5 Å². The van der Waals surface area contributed by atoms with E-state index < -0.39 is 6.10 Å². The molecular weight excluding hydrogens is 985 g/mol. The van der Waals surface area contributed by atoms with Crippen LogP contribution in [0.2, 0.25) is 0 Å². The fraction of sp³-hybridized carbons (Fsp3) is 0.743. The minimum atomic E-state index is -0.815. The first-order valence-electron chi connectivity index (χ1n) is 34.2. The number of hydrogen-bond donors (Lipinski definition) is 0. The summed E-state index contributed by atoms with van der Waals surface area (Å²) in [6.07, 6.45) is 91.8. The second kappa shape index (κ2) is 67.8. The zero-order valence-corrected chi connectivity index (χ0v) is 52.8. The summed E-state index contributed by atoms with van der Waals surface area (Å²) in [4.78, 5) is 38.3. The lowest BCUT2D eigenvalue weighted by Gasteiger charge is -2.18. The maximum absolute atomic E-state index is 12.9. The van der Waals surface area contributed by atoms with Crippen molar-refractivity contribution in [3.8, 4) is 0 Å². The number of ether oxygens (including phenoxy) is 3. The summed E-state index contributed by atoms with van der Waals surface area (Å²) in [6, 6.07) is 0. The highest BCUT2D eigenvalue weighted by Crippen LogP contribution is 2.18. The molecule has 80 heavy (non-hydrogen) atoms. The van der Waals surface area contributed by atoms with Gasteiger partial charge in [-0.15, -0.1) is 0 Å². The molecule has 0 saturated carbocycles. The number of carbonyl (C=O) groups is 3. The monoisotopic (exact) mass is 1110 g/mol. The molecular formula is C74H128O6. The van der Waals surface area contributed by atoms with Crippen LogP contribution in [0.3, 0.4) is 0 Å². The fourth-order valence-electron chi connectivity index (χ4n) is 9.80. The summed E-state index contributed by atoms with van der Waals surface area (Å²) in [7, 11) is 0. The van der Waals surface area contributed by atoms with Crippen LogP contribution in [0.15, 0.2) is 97.2 Å². The topological polar surface area (TPSA) is 78.9 Å². The average Bonchev–Trinajstić information content (AvgIpc) is 3.46. The van der Waals surface area contributed by atoms with Crippen molar-refractivity contribution >= 4 is 17.9 Å². The summed E-state index contributed by atoms with van der Waals surface area (Å²) in [5, 5.41) is 0. The lowest BCUT2D eigenvalue weighted by Crippen LogP contribution is -2.30. The lowest BCUT2D eigenvalue weighted by molar-refractivity contribution is -0.166. The van der Waals surface area contributed by atoms with Gasteiger partial charge in [-0.3, -0.25) is 14.4 Å². The second-order valence-electron chi connectivity index (χ2n) is 22.7. The van der Waals surface area contributed by atoms with E-state index in [1.54, 1.807) is 0 Å². The van der Waals surface area contributed by atoms with E-state index in [0.29, 0.717) is 19.3 Å². The van der Waals surface area contributed by atoms with E-state index in [-0.39, 0.29) is 37.5 Å². The van der Waals surface area contributed by atoms with Crippen molar-refractivity contribution in [3.63, 3.8) is 0 Å². The SMILES string of the molecule is CC/C=C\C/C=C\C/C=C\C/C=C\CCCCCCCCC(=O)OC(COC(=O)CC/C=C\C/C=C\C/C=C\C/C=C\CC)COC(=O)CCCCCCCCCCCCCCCCCCCCCCCCCCCCCCCC. The van der Waals surface area contributed by atoms with E-state index in [1.807, 2.05) is 6.08 Å². The van der Waals surface area contributed by atoms with Crippen molar-refractivity contribution in [3.05, 3.63) is 97.2 Å². The molecule has 6 nitrogen and oxygen atoms in total. The van der Waals surface area contributed by atoms with Crippen molar-refractivity contribution in [2.75, 3.05) is 13.2 Å². The molecule has 0 aliphatic carbocycles. The molecule has 460 valence electrons. The third-order valence-electron chi connectivity index (χ3n) is 14.8. The van der Waals surface area contributed by atoms with Crippen molar-refractivity contribution in [1.29, 1.82) is 0 Å². The number of hydrogen-bond acceptors (Lipinski definition) is 6.